The molecule has 10 heteroatoms. The molecule has 0 bridgehead atoms. The van der Waals surface area contributed by atoms with Gasteiger partial charge in [0.25, 0.3) is 0 Å². The van der Waals surface area contributed by atoms with E-state index in [0.717, 1.165) is 5.69 Å². The number of urea groups is 1. The predicted octanol–water partition coefficient (Wildman–Crippen LogP) is 2.71. The van der Waals surface area contributed by atoms with E-state index in [9.17, 15) is 9.59 Å². The average Bonchev–Trinajstić information content (AvgIpc) is 3.31. The van der Waals surface area contributed by atoms with Gasteiger partial charge in [-0.05, 0) is 18.2 Å². The fourth-order valence-electron chi connectivity index (χ4n) is 3.44. The number of hydrogen-bond acceptors (Lipinski definition) is 5. The maximum atomic E-state index is 12.7. The lowest BCUT2D eigenvalue weighted by molar-refractivity contribution is -0.130. The molecule has 0 radical (unpaired) electrons. The Kier molecular flexibility index (Phi) is 5.73. The molecule has 3 amide bonds. The van der Waals surface area contributed by atoms with Crippen molar-refractivity contribution in [1.29, 1.82) is 0 Å². The smallest absolute Gasteiger partial charge is 0.325 e. The molecule has 2 fully saturated rings. The summed E-state index contributed by atoms with van der Waals surface area (Å²) in [4.78, 5) is 38.3. The molecule has 3 heterocycles. The van der Waals surface area contributed by atoms with Gasteiger partial charge in [0.1, 0.15) is 12.6 Å². The number of aromatic nitrogens is 2. The number of amides is 3. The summed E-state index contributed by atoms with van der Waals surface area (Å²) >= 11 is 11.8. The van der Waals surface area contributed by atoms with Crippen LogP contribution in [0.1, 0.15) is 6.42 Å². The summed E-state index contributed by atoms with van der Waals surface area (Å²) in [6, 6.07) is 7.17. The first-order chi connectivity index (χ1) is 14.0. The monoisotopic (exact) mass is 435 g/mol. The number of halogens is 2. The highest BCUT2D eigenvalue weighted by molar-refractivity contribution is 6.31. The van der Waals surface area contributed by atoms with E-state index in [4.69, 9.17) is 27.9 Å². The summed E-state index contributed by atoms with van der Waals surface area (Å²) in [6.07, 6.45) is 3.43. The summed E-state index contributed by atoms with van der Waals surface area (Å²) in [6.45, 7) is 2.05. The number of anilines is 1. The number of hydrogen-bond donors (Lipinski definition) is 0. The van der Waals surface area contributed by atoms with E-state index in [1.165, 1.54) is 12.4 Å². The zero-order valence-corrected chi connectivity index (χ0v) is 17.0. The molecule has 2 saturated heterocycles. The minimum Gasteiger partial charge on any atom is -0.458 e. The minimum absolute atomic E-state index is 0.0417. The number of carbonyl (C=O) groups is 2. The molecule has 0 saturated carbocycles. The molecule has 2 aliphatic rings. The molecule has 4 rings (SSSR count). The lowest BCUT2D eigenvalue weighted by atomic mass is 10.3. The van der Waals surface area contributed by atoms with Gasteiger partial charge in [-0.2, -0.15) is 0 Å². The highest BCUT2D eigenvalue weighted by Gasteiger charge is 2.34. The normalized spacial score (nSPS) is 19.2. The third kappa shape index (κ3) is 4.54. The number of ether oxygens (including phenoxy) is 1. The van der Waals surface area contributed by atoms with Gasteiger partial charge in [0, 0.05) is 36.8 Å². The van der Waals surface area contributed by atoms with Crippen LogP contribution in [0, 0.1) is 0 Å². The standard InChI is InChI=1S/C19H19Cl2N5O3/c20-13-2-1-3-15(8-13)26-7-6-25(19(26)28)12-17(27)24-5-4-16(11-24)29-18-22-9-14(21)10-23-18/h1-3,8-10,16H,4-7,11-12H2/t16-/m1/s1. The van der Waals surface area contributed by atoms with Crippen molar-refractivity contribution < 1.29 is 14.3 Å². The Bertz CT molecular complexity index is 911. The topological polar surface area (TPSA) is 78.9 Å². The van der Waals surface area contributed by atoms with Crippen LogP contribution in [-0.2, 0) is 4.79 Å². The number of rotatable bonds is 5. The van der Waals surface area contributed by atoms with Gasteiger partial charge in [-0.3, -0.25) is 9.69 Å². The van der Waals surface area contributed by atoms with E-state index in [1.807, 2.05) is 6.07 Å². The molecule has 0 spiro atoms. The van der Waals surface area contributed by atoms with Crippen molar-refractivity contribution in [3.05, 3.63) is 46.7 Å². The zero-order valence-electron chi connectivity index (χ0n) is 15.5. The number of likely N-dealkylation sites (tertiary alicyclic amines) is 1. The molecule has 152 valence electrons. The van der Waals surface area contributed by atoms with Crippen LogP contribution in [0.4, 0.5) is 10.5 Å². The van der Waals surface area contributed by atoms with E-state index in [1.54, 1.807) is 32.9 Å². The van der Waals surface area contributed by atoms with Crippen molar-refractivity contribution in [3.8, 4) is 6.01 Å². The lowest BCUT2D eigenvalue weighted by Gasteiger charge is -2.22. The first-order valence-electron chi connectivity index (χ1n) is 9.23. The fourth-order valence-corrected chi connectivity index (χ4v) is 3.72. The van der Waals surface area contributed by atoms with Crippen LogP contribution < -0.4 is 9.64 Å². The molecule has 1 aromatic heterocycles. The number of nitrogens with zero attached hydrogens (tertiary/aromatic N) is 5. The van der Waals surface area contributed by atoms with E-state index in [-0.39, 0.29) is 30.6 Å². The molecule has 0 aliphatic carbocycles. The minimum atomic E-state index is -0.192. The highest BCUT2D eigenvalue weighted by Crippen LogP contribution is 2.24. The second-order valence-electron chi connectivity index (χ2n) is 6.89. The second-order valence-corrected chi connectivity index (χ2v) is 7.76. The molecule has 1 atom stereocenters. The molecule has 0 unspecified atom stereocenters. The third-order valence-corrected chi connectivity index (χ3v) is 5.34. The first kappa shape index (κ1) is 19.7. The fraction of sp³-hybridized carbons (Fsp3) is 0.368. The highest BCUT2D eigenvalue weighted by atomic mass is 35.5. The lowest BCUT2D eigenvalue weighted by Crippen LogP contribution is -2.42. The van der Waals surface area contributed by atoms with Crippen molar-refractivity contribution in [1.82, 2.24) is 19.8 Å². The zero-order chi connectivity index (χ0) is 20.4. The molecule has 29 heavy (non-hydrogen) atoms. The predicted molar refractivity (Wildman–Crippen MR) is 108 cm³/mol. The first-order valence-corrected chi connectivity index (χ1v) is 9.99. The largest absolute Gasteiger partial charge is 0.458 e. The van der Waals surface area contributed by atoms with Gasteiger partial charge in [0.15, 0.2) is 0 Å². The van der Waals surface area contributed by atoms with E-state index >= 15 is 0 Å². The van der Waals surface area contributed by atoms with E-state index in [2.05, 4.69) is 9.97 Å². The molecular formula is C19H19Cl2N5O3. The van der Waals surface area contributed by atoms with Gasteiger partial charge in [0.2, 0.25) is 5.91 Å². The van der Waals surface area contributed by atoms with Crippen LogP contribution in [0.2, 0.25) is 10.0 Å². The van der Waals surface area contributed by atoms with E-state index < -0.39 is 0 Å². The van der Waals surface area contributed by atoms with Crippen molar-refractivity contribution >= 4 is 40.8 Å². The third-order valence-electron chi connectivity index (χ3n) is 4.91. The van der Waals surface area contributed by atoms with Crippen molar-refractivity contribution in [2.45, 2.75) is 12.5 Å². The quantitative estimate of drug-likeness (QED) is 0.721. The summed E-state index contributed by atoms with van der Waals surface area (Å²) in [5, 5.41) is 1.00. The molecular weight excluding hydrogens is 417 g/mol. The van der Waals surface area contributed by atoms with Gasteiger partial charge in [-0.1, -0.05) is 29.3 Å². The van der Waals surface area contributed by atoms with Gasteiger partial charge >= 0.3 is 12.0 Å². The molecule has 8 nitrogen and oxygen atoms in total. The molecule has 2 aromatic rings. The number of benzene rings is 1. The maximum absolute atomic E-state index is 12.7. The second kappa shape index (κ2) is 8.42. The molecule has 0 N–H and O–H groups in total. The summed E-state index contributed by atoms with van der Waals surface area (Å²) in [5.74, 6) is -0.102. The number of carbonyl (C=O) groups excluding carboxylic acids is 2. The molecule has 1 aromatic carbocycles. The van der Waals surface area contributed by atoms with Crippen molar-refractivity contribution in [3.63, 3.8) is 0 Å². The summed E-state index contributed by atoms with van der Waals surface area (Å²) in [5.41, 5.74) is 0.732. The van der Waals surface area contributed by atoms with Crippen LogP contribution in [-0.4, -0.2) is 70.5 Å². The van der Waals surface area contributed by atoms with Crippen LogP contribution in [0.15, 0.2) is 36.7 Å². The molecule has 2 aliphatic heterocycles. The van der Waals surface area contributed by atoms with Crippen LogP contribution in [0.5, 0.6) is 6.01 Å². The Morgan fingerprint density at radius 2 is 1.93 bits per heavy atom. The summed E-state index contributed by atoms with van der Waals surface area (Å²) in [7, 11) is 0. The van der Waals surface area contributed by atoms with Gasteiger partial charge in [-0.25, -0.2) is 14.8 Å². The average molecular weight is 436 g/mol. The Balaban J connectivity index is 1.30. The Labute approximate surface area is 178 Å². The Morgan fingerprint density at radius 1 is 1.14 bits per heavy atom. The van der Waals surface area contributed by atoms with Gasteiger partial charge in [-0.15, -0.1) is 0 Å². The SMILES string of the molecule is O=C(CN1CCN(c2cccc(Cl)c2)C1=O)N1CC[C@@H](Oc2ncc(Cl)cn2)C1. The Hall–Kier alpha value is -2.58. The van der Waals surface area contributed by atoms with Crippen LogP contribution in [0.25, 0.3) is 0 Å². The van der Waals surface area contributed by atoms with Crippen molar-refractivity contribution in [2.75, 3.05) is 37.6 Å². The van der Waals surface area contributed by atoms with Crippen LogP contribution >= 0.6 is 23.2 Å². The van der Waals surface area contributed by atoms with Crippen LogP contribution in [0.3, 0.4) is 0 Å². The van der Waals surface area contributed by atoms with Gasteiger partial charge < -0.3 is 14.5 Å². The van der Waals surface area contributed by atoms with E-state index in [0.29, 0.717) is 42.6 Å². The summed E-state index contributed by atoms with van der Waals surface area (Å²) < 4.78 is 5.71. The Morgan fingerprint density at radius 3 is 2.69 bits per heavy atom. The van der Waals surface area contributed by atoms with Gasteiger partial charge in [0.05, 0.1) is 24.0 Å². The maximum Gasteiger partial charge on any atom is 0.325 e. The van der Waals surface area contributed by atoms with Crippen molar-refractivity contribution in [2.24, 2.45) is 0 Å².